The molecule has 2 saturated heterocycles. The first-order chi connectivity index (χ1) is 20.1. The number of benzene rings is 3. The van der Waals surface area contributed by atoms with Crippen LogP contribution in [-0.4, -0.2) is 49.8 Å². The van der Waals surface area contributed by atoms with Crippen molar-refractivity contribution in [1.29, 1.82) is 0 Å². The highest BCUT2D eigenvalue weighted by Crippen LogP contribution is 2.45. The van der Waals surface area contributed by atoms with Gasteiger partial charge in [-0.05, 0) is 92.1 Å². The van der Waals surface area contributed by atoms with Crippen LogP contribution in [0.4, 0.5) is 27.6 Å². The second kappa shape index (κ2) is 11.5. The van der Waals surface area contributed by atoms with Crippen molar-refractivity contribution in [1.82, 2.24) is 10.2 Å². The summed E-state index contributed by atoms with van der Waals surface area (Å²) in [7, 11) is 0. The average molecular weight is 586 g/mol. The van der Waals surface area contributed by atoms with Gasteiger partial charge in [0.05, 0.1) is 12.6 Å². The number of ether oxygens (including phenoxy) is 1. The lowest BCUT2D eigenvalue weighted by Crippen LogP contribution is -2.47. The van der Waals surface area contributed by atoms with Crippen LogP contribution in [0.5, 0.6) is 5.75 Å². The molecule has 1 unspecified atom stereocenters. The molecule has 9 heteroatoms. The fourth-order valence-corrected chi connectivity index (χ4v) is 7.04. The third-order valence-corrected chi connectivity index (χ3v) is 9.24. The second-order valence-corrected chi connectivity index (χ2v) is 12.1. The van der Waals surface area contributed by atoms with Gasteiger partial charge in [0.25, 0.3) is 0 Å². The molecule has 0 bridgehead atoms. The SMILES string of the molecule is C[C@@H]1Cc2cc(OCc3ccccc3)ccc2C(c2c(F)cc(N3CCC4(CCNCC4)C3)cc2F)N1CC(F)(F)F. The Morgan fingerprint density at radius 2 is 1.67 bits per heavy atom. The molecule has 1 N–H and O–H groups in total. The predicted molar refractivity (Wildman–Crippen MR) is 153 cm³/mol. The van der Waals surface area contributed by atoms with Crippen LogP contribution in [0.15, 0.2) is 60.7 Å². The molecule has 42 heavy (non-hydrogen) atoms. The molecule has 3 aliphatic rings. The van der Waals surface area contributed by atoms with E-state index in [-0.39, 0.29) is 11.0 Å². The summed E-state index contributed by atoms with van der Waals surface area (Å²) < 4.78 is 79.3. The molecule has 3 heterocycles. The van der Waals surface area contributed by atoms with Gasteiger partial charge >= 0.3 is 6.18 Å². The van der Waals surface area contributed by atoms with Crippen molar-refractivity contribution >= 4 is 5.69 Å². The second-order valence-electron chi connectivity index (χ2n) is 12.1. The van der Waals surface area contributed by atoms with Gasteiger partial charge in [-0.2, -0.15) is 13.2 Å². The molecule has 0 aromatic heterocycles. The summed E-state index contributed by atoms with van der Waals surface area (Å²) in [5.41, 5.74) is 2.41. The van der Waals surface area contributed by atoms with Gasteiger partial charge in [0.2, 0.25) is 0 Å². The predicted octanol–water partition coefficient (Wildman–Crippen LogP) is 7.02. The lowest BCUT2D eigenvalue weighted by Gasteiger charge is -2.42. The first-order valence-corrected chi connectivity index (χ1v) is 14.7. The first-order valence-electron chi connectivity index (χ1n) is 14.7. The van der Waals surface area contributed by atoms with Gasteiger partial charge in [0.1, 0.15) is 24.0 Å². The number of anilines is 1. The van der Waals surface area contributed by atoms with E-state index in [1.54, 1.807) is 25.1 Å². The normalized spacial score (nSPS) is 22.4. The zero-order chi connectivity index (χ0) is 29.5. The number of alkyl halides is 3. The first kappa shape index (κ1) is 28.9. The lowest BCUT2D eigenvalue weighted by atomic mass is 9.78. The Morgan fingerprint density at radius 3 is 2.36 bits per heavy atom. The van der Waals surface area contributed by atoms with Gasteiger partial charge in [0.15, 0.2) is 0 Å². The number of nitrogens with one attached hydrogen (secondary N) is 1. The molecule has 3 aromatic rings. The zero-order valence-corrected chi connectivity index (χ0v) is 23.7. The minimum Gasteiger partial charge on any atom is -0.489 e. The van der Waals surface area contributed by atoms with Crippen molar-refractivity contribution in [3.63, 3.8) is 0 Å². The number of fused-ring (bicyclic) bond motifs is 1. The van der Waals surface area contributed by atoms with Gasteiger partial charge in [-0.15, -0.1) is 0 Å². The maximum atomic E-state index is 16.0. The van der Waals surface area contributed by atoms with Crippen molar-refractivity contribution in [2.45, 2.75) is 57.5 Å². The molecule has 3 aliphatic heterocycles. The summed E-state index contributed by atoms with van der Waals surface area (Å²) in [6.07, 6.45) is -1.23. The largest absolute Gasteiger partial charge is 0.489 e. The Bertz CT molecular complexity index is 1380. The van der Waals surface area contributed by atoms with Gasteiger partial charge in [-0.1, -0.05) is 36.4 Å². The van der Waals surface area contributed by atoms with Crippen LogP contribution < -0.4 is 15.0 Å². The highest BCUT2D eigenvalue weighted by atomic mass is 19.4. The van der Waals surface area contributed by atoms with E-state index in [9.17, 15) is 13.2 Å². The summed E-state index contributed by atoms with van der Waals surface area (Å²) in [6, 6.07) is 15.5. The van der Waals surface area contributed by atoms with Crippen LogP contribution in [0.2, 0.25) is 0 Å². The Morgan fingerprint density at radius 1 is 0.952 bits per heavy atom. The van der Waals surface area contributed by atoms with E-state index in [1.807, 2.05) is 35.2 Å². The summed E-state index contributed by atoms with van der Waals surface area (Å²) in [5, 5.41) is 3.37. The highest BCUT2D eigenvalue weighted by molar-refractivity contribution is 5.53. The van der Waals surface area contributed by atoms with E-state index in [2.05, 4.69) is 5.32 Å². The van der Waals surface area contributed by atoms with Crippen LogP contribution in [0.3, 0.4) is 0 Å². The summed E-state index contributed by atoms with van der Waals surface area (Å²) in [6.45, 7) is 4.03. The number of rotatable bonds is 6. The topological polar surface area (TPSA) is 27.7 Å². The smallest absolute Gasteiger partial charge is 0.401 e. The van der Waals surface area contributed by atoms with Crippen LogP contribution in [0.25, 0.3) is 0 Å². The minimum absolute atomic E-state index is 0.137. The highest BCUT2D eigenvalue weighted by Gasteiger charge is 2.43. The standard InChI is InChI=1S/C33H36F5N3O/c1-22-15-24-16-26(42-19-23-5-3-2-4-6-23)7-8-27(24)31(41(22)21-33(36,37)38)30-28(34)17-25(18-29(30)35)40-14-11-32(20-40)9-12-39-13-10-32/h2-8,16-18,22,31,39H,9-15,19-21H2,1H3/t22-,31?/m1/s1. The van der Waals surface area contributed by atoms with Crippen LogP contribution in [-0.2, 0) is 13.0 Å². The van der Waals surface area contributed by atoms with E-state index in [0.717, 1.165) is 50.0 Å². The van der Waals surface area contributed by atoms with Gasteiger partial charge in [-0.3, -0.25) is 4.90 Å². The molecular weight excluding hydrogens is 549 g/mol. The molecule has 0 amide bonds. The number of nitrogens with zero attached hydrogens (tertiary/aromatic N) is 2. The quantitative estimate of drug-likeness (QED) is 0.315. The van der Waals surface area contributed by atoms with Gasteiger partial charge in [0, 0.05) is 30.4 Å². The number of piperidine rings is 1. The van der Waals surface area contributed by atoms with Crippen LogP contribution in [0.1, 0.15) is 54.5 Å². The van der Waals surface area contributed by atoms with E-state index < -0.39 is 36.4 Å². The molecule has 224 valence electrons. The van der Waals surface area contributed by atoms with Crippen molar-refractivity contribution in [3.8, 4) is 5.75 Å². The third kappa shape index (κ3) is 5.99. The Kier molecular flexibility index (Phi) is 7.91. The molecule has 2 atom stereocenters. The van der Waals surface area contributed by atoms with E-state index in [1.165, 1.54) is 17.0 Å². The van der Waals surface area contributed by atoms with Gasteiger partial charge < -0.3 is 15.0 Å². The molecule has 0 saturated carbocycles. The fourth-order valence-electron chi connectivity index (χ4n) is 7.04. The maximum Gasteiger partial charge on any atom is 0.401 e. The summed E-state index contributed by atoms with van der Waals surface area (Å²) in [5.74, 6) is -1.08. The van der Waals surface area contributed by atoms with Crippen molar-refractivity contribution < 1.29 is 26.7 Å². The number of halogens is 5. The monoisotopic (exact) mass is 585 g/mol. The third-order valence-electron chi connectivity index (χ3n) is 9.24. The van der Waals surface area contributed by atoms with E-state index in [0.29, 0.717) is 36.6 Å². The molecule has 0 radical (unpaired) electrons. The number of hydrogen-bond donors (Lipinski definition) is 1. The minimum atomic E-state index is -4.53. The molecule has 2 fully saturated rings. The molecule has 4 nitrogen and oxygen atoms in total. The fraction of sp³-hybridized carbons (Fsp3) is 0.455. The Hall–Kier alpha value is -3.17. The summed E-state index contributed by atoms with van der Waals surface area (Å²) >= 11 is 0. The lowest BCUT2D eigenvalue weighted by molar-refractivity contribution is -0.155. The maximum absolute atomic E-state index is 16.0. The average Bonchev–Trinajstić information content (AvgIpc) is 3.36. The van der Waals surface area contributed by atoms with Crippen LogP contribution >= 0.6 is 0 Å². The van der Waals surface area contributed by atoms with Gasteiger partial charge in [-0.25, -0.2) is 8.78 Å². The molecule has 3 aromatic carbocycles. The number of hydrogen-bond acceptors (Lipinski definition) is 4. The van der Waals surface area contributed by atoms with Crippen molar-refractivity contribution in [2.75, 3.05) is 37.6 Å². The van der Waals surface area contributed by atoms with E-state index in [4.69, 9.17) is 4.74 Å². The molecule has 1 spiro atoms. The van der Waals surface area contributed by atoms with E-state index >= 15 is 8.78 Å². The molecule has 6 rings (SSSR count). The van der Waals surface area contributed by atoms with Crippen molar-refractivity contribution in [2.24, 2.45) is 5.41 Å². The van der Waals surface area contributed by atoms with Crippen molar-refractivity contribution in [3.05, 3.63) is 94.6 Å². The van der Waals surface area contributed by atoms with Crippen LogP contribution in [0, 0.1) is 17.0 Å². The molecular formula is C33H36F5N3O. The zero-order valence-electron chi connectivity index (χ0n) is 23.7. The Balaban J connectivity index is 1.33. The summed E-state index contributed by atoms with van der Waals surface area (Å²) in [4.78, 5) is 3.19. The molecule has 0 aliphatic carbocycles. The Labute approximate surface area is 243 Å².